The number of hydrogen-bond acceptors (Lipinski definition) is 4. The zero-order valence-electron chi connectivity index (χ0n) is 12.1. The highest BCUT2D eigenvalue weighted by atomic mass is 16.1. The molecule has 1 N–H and O–H groups in total. The van der Waals surface area contributed by atoms with Gasteiger partial charge in [-0.05, 0) is 32.0 Å². The van der Waals surface area contributed by atoms with Crippen molar-refractivity contribution in [2.24, 2.45) is 7.05 Å². The van der Waals surface area contributed by atoms with Crippen LogP contribution in [-0.4, -0.2) is 25.7 Å². The van der Waals surface area contributed by atoms with Gasteiger partial charge in [0.25, 0.3) is 5.91 Å². The van der Waals surface area contributed by atoms with Gasteiger partial charge in [-0.3, -0.25) is 14.5 Å². The molecule has 3 aromatic heterocycles. The van der Waals surface area contributed by atoms with Crippen LogP contribution in [0, 0.1) is 13.8 Å². The van der Waals surface area contributed by atoms with E-state index in [2.05, 4.69) is 20.4 Å². The first kappa shape index (κ1) is 13.2. The van der Waals surface area contributed by atoms with Crippen LogP contribution in [0.1, 0.15) is 21.7 Å². The lowest BCUT2D eigenvalue weighted by Gasteiger charge is -2.07. The summed E-state index contributed by atoms with van der Waals surface area (Å²) in [7, 11) is 1.84. The minimum absolute atomic E-state index is 0.196. The van der Waals surface area contributed by atoms with E-state index in [4.69, 9.17) is 0 Å². The van der Waals surface area contributed by atoms with Gasteiger partial charge in [-0.1, -0.05) is 0 Å². The molecule has 0 aliphatic heterocycles. The van der Waals surface area contributed by atoms with Crippen LogP contribution in [0.2, 0.25) is 0 Å². The van der Waals surface area contributed by atoms with Crippen molar-refractivity contribution in [3.05, 3.63) is 47.5 Å². The molecule has 0 saturated carbocycles. The average Bonchev–Trinajstić information content (AvgIpc) is 2.73. The summed E-state index contributed by atoms with van der Waals surface area (Å²) < 4.78 is 1.72. The smallest absolute Gasteiger partial charge is 0.257 e. The Hall–Kier alpha value is -2.76. The molecule has 0 aliphatic rings. The second-order valence-corrected chi connectivity index (χ2v) is 4.90. The SMILES string of the molecule is Cc1nc2c(cc1C(=O)Nc1cccnc1)c(C)nn2C. The van der Waals surface area contributed by atoms with Crippen molar-refractivity contribution in [2.45, 2.75) is 13.8 Å². The number of rotatable bonds is 2. The lowest BCUT2D eigenvalue weighted by atomic mass is 10.1. The Morgan fingerprint density at radius 1 is 1.29 bits per heavy atom. The first-order chi connectivity index (χ1) is 10.1. The molecule has 3 heterocycles. The van der Waals surface area contributed by atoms with Crippen LogP contribution in [0.25, 0.3) is 11.0 Å². The lowest BCUT2D eigenvalue weighted by Crippen LogP contribution is -2.14. The standard InChI is InChI=1S/C15H15N5O/c1-9-13(15(21)18-11-5-4-6-16-8-11)7-12-10(2)19-20(3)14(12)17-9/h4-8H,1-3H3,(H,18,21). The quantitative estimate of drug-likeness (QED) is 0.781. The molecule has 0 radical (unpaired) electrons. The largest absolute Gasteiger partial charge is 0.321 e. The number of carbonyl (C=O) groups excluding carboxylic acids is 1. The summed E-state index contributed by atoms with van der Waals surface area (Å²) in [5.74, 6) is -0.196. The van der Waals surface area contributed by atoms with Crippen LogP contribution in [0.3, 0.4) is 0 Å². The Labute approximate surface area is 121 Å². The molecule has 0 fully saturated rings. The first-order valence-corrected chi connectivity index (χ1v) is 6.58. The van der Waals surface area contributed by atoms with Crippen molar-refractivity contribution in [1.82, 2.24) is 19.7 Å². The molecule has 21 heavy (non-hydrogen) atoms. The van der Waals surface area contributed by atoms with Crippen molar-refractivity contribution in [3.8, 4) is 0 Å². The van der Waals surface area contributed by atoms with Gasteiger partial charge in [-0.25, -0.2) is 4.98 Å². The highest BCUT2D eigenvalue weighted by molar-refractivity contribution is 6.06. The Bertz CT molecular complexity index is 823. The third kappa shape index (κ3) is 2.35. The van der Waals surface area contributed by atoms with E-state index in [0.717, 1.165) is 16.7 Å². The monoisotopic (exact) mass is 281 g/mol. The molecule has 0 saturated heterocycles. The molecule has 0 bridgehead atoms. The minimum atomic E-state index is -0.196. The van der Waals surface area contributed by atoms with Gasteiger partial charge in [0.15, 0.2) is 5.65 Å². The van der Waals surface area contributed by atoms with Gasteiger partial charge in [0.2, 0.25) is 0 Å². The third-order valence-electron chi connectivity index (χ3n) is 3.35. The van der Waals surface area contributed by atoms with E-state index in [9.17, 15) is 4.79 Å². The molecule has 3 rings (SSSR count). The summed E-state index contributed by atoms with van der Waals surface area (Å²) in [4.78, 5) is 20.9. The summed E-state index contributed by atoms with van der Waals surface area (Å²) in [6.07, 6.45) is 3.27. The number of aromatic nitrogens is 4. The Balaban J connectivity index is 2.02. The topological polar surface area (TPSA) is 72.7 Å². The van der Waals surface area contributed by atoms with Gasteiger partial charge in [-0.2, -0.15) is 5.10 Å². The van der Waals surface area contributed by atoms with E-state index in [1.807, 2.05) is 27.0 Å². The Kier molecular flexibility index (Phi) is 3.13. The maximum atomic E-state index is 12.4. The number of fused-ring (bicyclic) bond motifs is 1. The molecule has 106 valence electrons. The number of pyridine rings is 2. The average molecular weight is 281 g/mol. The van der Waals surface area contributed by atoms with Gasteiger partial charge in [0, 0.05) is 18.6 Å². The van der Waals surface area contributed by atoms with Crippen molar-refractivity contribution in [2.75, 3.05) is 5.32 Å². The number of anilines is 1. The molecule has 6 nitrogen and oxygen atoms in total. The maximum Gasteiger partial charge on any atom is 0.257 e. The van der Waals surface area contributed by atoms with Crippen molar-refractivity contribution >= 4 is 22.6 Å². The molecule has 3 aromatic rings. The highest BCUT2D eigenvalue weighted by Crippen LogP contribution is 2.20. The zero-order valence-corrected chi connectivity index (χ0v) is 12.1. The van der Waals surface area contributed by atoms with Crippen molar-refractivity contribution in [1.29, 1.82) is 0 Å². The fourth-order valence-electron chi connectivity index (χ4n) is 2.30. The number of carbonyl (C=O) groups is 1. The number of aryl methyl sites for hydroxylation is 3. The molecule has 0 unspecified atom stereocenters. The summed E-state index contributed by atoms with van der Waals surface area (Å²) in [5, 5.41) is 8.04. The van der Waals surface area contributed by atoms with Crippen LogP contribution < -0.4 is 5.32 Å². The van der Waals surface area contributed by atoms with E-state index in [0.29, 0.717) is 16.9 Å². The summed E-state index contributed by atoms with van der Waals surface area (Å²) in [6, 6.07) is 5.41. The fraction of sp³-hybridized carbons (Fsp3) is 0.200. The first-order valence-electron chi connectivity index (χ1n) is 6.58. The molecule has 0 aromatic carbocycles. The van der Waals surface area contributed by atoms with Crippen LogP contribution >= 0.6 is 0 Å². The van der Waals surface area contributed by atoms with Gasteiger partial charge < -0.3 is 5.32 Å². The van der Waals surface area contributed by atoms with E-state index in [-0.39, 0.29) is 5.91 Å². The summed E-state index contributed by atoms with van der Waals surface area (Å²) in [5.41, 5.74) is 3.51. The zero-order chi connectivity index (χ0) is 15.0. The number of amides is 1. The normalized spacial score (nSPS) is 10.8. The molecule has 0 aliphatic carbocycles. The molecule has 0 atom stereocenters. The van der Waals surface area contributed by atoms with Gasteiger partial charge in [-0.15, -0.1) is 0 Å². The van der Waals surface area contributed by atoms with Crippen LogP contribution in [0.15, 0.2) is 30.6 Å². The number of nitrogens with zero attached hydrogens (tertiary/aromatic N) is 4. The summed E-state index contributed by atoms with van der Waals surface area (Å²) >= 11 is 0. The number of hydrogen-bond donors (Lipinski definition) is 1. The molecular formula is C15H15N5O. The fourth-order valence-corrected chi connectivity index (χ4v) is 2.30. The maximum absolute atomic E-state index is 12.4. The molecule has 6 heteroatoms. The van der Waals surface area contributed by atoms with E-state index in [1.54, 1.807) is 29.2 Å². The van der Waals surface area contributed by atoms with Crippen LogP contribution in [0.5, 0.6) is 0 Å². The van der Waals surface area contributed by atoms with Crippen LogP contribution in [-0.2, 0) is 7.05 Å². The lowest BCUT2D eigenvalue weighted by molar-refractivity contribution is 0.102. The Morgan fingerprint density at radius 3 is 2.81 bits per heavy atom. The third-order valence-corrected chi connectivity index (χ3v) is 3.35. The van der Waals surface area contributed by atoms with Crippen LogP contribution in [0.4, 0.5) is 5.69 Å². The second kappa shape index (κ2) is 4.97. The van der Waals surface area contributed by atoms with E-state index >= 15 is 0 Å². The molecular weight excluding hydrogens is 266 g/mol. The van der Waals surface area contributed by atoms with Gasteiger partial charge >= 0.3 is 0 Å². The summed E-state index contributed by atoms with van der Waals surface area (Å²) in [6.45, 7) is 3.72. The van der Waals surface area contributed by atoms with Crippen molar-refractivity contribution < 1.29 is 4.79 Å². The van der Waals surface area contributed by atoms with Gasteiger partial charge in [0.05, 0.1) is 28.8 Å². The molecule has 0 spiro atoms. The molecule has 1 amide bonds. The Morgan fingerprint density at radius 2 is 2.10 bits per heavy atom. The van der Waals surface area contributed by atoms with Crippen molar-refractivity contribution in [3.63, 3.8) is 0 Å². The second-order valence-electron chi connectivity index (χ2n) is 4.90. The minimum Gasteiger partial charge on any atom is -0.321 e. The predicted molar refractivity (Wildman–Crippen MR) is 80.2 cm³/mol. The van der Waals surface area contributed by atoms with Gasteiger partial charge in [0.1, 0.15) is 0 Å². The van der Waals surface area contributed by atoms with E-state index in [1.165, 1.54) is 0 Å². The van der Waals surface area contributed by atoms with E-state index < -0.39 is 0 Å². The number of nitrogens with one attached hydrogen (secondary N) is 1. The predicted octanol–water partition coefficient (Wildman–Crippen LogP) is 2.23. The highest BCUT2D eigenvalue weighted by Gasteiger charge is 2.15.